The molecule has 1 aromatic heterocycles. The summed E-state index contributed by atoms with van der Waals surface area (Å²) in [5.41, 5.74) is 2.78. The van der Waals surface area contributed by atoms with Crippen LogP contribution in [0.15, 0.2) is 48.5 Å². The number of nitrogens with one attached hydrogen (secondary N) is 2. The van der Waals surface area contributed by atoms with Crippen LogP contribution in [0.1, 0.15) is 16.8 Å². The van der Waals surface area contributed by atoms with Crippen LogP contribution in [0.5, 0.6) is 0 Å². The third-order valence-corrected chi connectivity index (χ3v) is 4.70. The lowest BCUT2D eigenvalue weighted by atomic mass is 10.1. The lowest BCUT2D eigenvalue weighted by Gasteiger charge is -2.07. The summed E-state index contributed by atoms with van der Waals surface area (Å²) < 4.78 is 13.2. The maximum atomic E-state index is 13.2. The summed E-state index contributed by atoms with van der Waals surface area (Å²) in [5, 5.41) is 6.35. The standard InChI is InChI=1S/C20H18FN3O2S/c1-12(25)22-16-7-9-17(10-8-16)24-19(26)11-18-20(23-13(2)27-18)14-3-5-15(21)6-4-14/h3-10H,11H2,1-2H3,(H,22,25)(H,24,26). The maximum Gasteiger partial charge on any atom is 0.229 e. The minimum atomic E-state index is -0.312. The molecule has 0 radical (unpaired) electrons. The van der Waals surface area contributed by atoms with Gasteiger partial charge in [-0.05, 0) is 55.5 Å². The first-order chi connectivity index (χ1) is 12.9. The summed E-state index contributed by atoms with van der Waals surface area (Å²) in [6, 6.07) is 13.0. The van der Waals surface area contributed by atoms with Gasteiger partial charge in [-0.3, -0.25) is 9.59 Å². The van der Waals surface area contributed by atoms with E-state index >= 15 is 0 Å². The van der Waals surface area contributed by atoms with E-state index in [1.165, 1.54) is 30.4 Å². The Balaban J connectivity index is 1.71. The van der Waals surface area contributed by atoms with Crippen molar-refractivity contribution in [2.24, 2.45) is 0 Å². The fourth-order valence-corrected chi connectivity index (χ4v) is 3.57. The number of benzene rings is 2. The van der Waals surface area contributed by atoms with Gasteiger partial charge in [0, 0.05) is 28.7 Å². The first-order valence-electron chi connectivity index (χ1n) is 8.30. The summed E-state index contributed by atoms with van der Waals surface area (Å²) in [6.45, 7) is 3.31. The smallest absolute Gasteiger partial charge is 0.229 e. The van der Waals surface area contributed by atoms with Crippen molar-refractivity contribution >= 4 is 34.5 Å². The Labute approximate surface area is 160 Å². The molecule has 2 aromatic carbocycles. The Kier molecular flexibility index (Phi) is 5.61. The molecule has 0 saturated heterocycles. The lowest BCUT2D eigenvalue weighted by Crippen LogP contribution is -2.14. The largest absolute Gasteiger partial charge is 0.326 e. The molecule has 1 heterocycles. The molecule has 2 amide bonds. The fraction of sp³-hybridized carbons (Fsp3) is 0.150. The van der Waals surface area contributed by atoms with Crippen LogP contribution in [0.25, 0.3) is 11.3 Å². The average molecular weight is 383 g/mol. The Morgan fingerprint density at radius 2 is 1.59 bits per heavy atom. The maximum absolute atomic E-state index is 13.2. The second-order valence-corrected chi connectivity index (χ2v) is 7.28. The third-order valence-electron chi connectivity index (χ3n) is 3.73. The van der Waals surface area contributed by atoms with Gasteiger partial charge in [0.05, 0.1) is 17.1 Å². The van der Waals surface area contributed by atoms with Crippen LogP contribution < -0.4 is 10.6 Å². The number of anilines is 2. The van der Waals surface area contributed by atoms with Crippen LogP contribution in [0.3, 0.4) is 0 Å². The normalized spacial score (nSPS) is 10.5. The number of aryl methyl sites for hydroxylation is 1. The highest BCUT2D eigenvalue weighted by Crippen LogP contribution is 2.29. The topological polar surface area (TPSA) is 71.1 Å². The van der Waals surface area contributed by atoms with Crippen molar-refractivity contribution in [2.45, 2.75) is 20.3 Å². The van der Waals surface area contributed by atoms with Gasteiger partial charge in [-0.2, -0.15) is 0 Å². The summed E-state index contributed by atoms with van der Waals surface area (Å²) >= 11 is 1.45. The molecule has 3 aromatic rings. The van der Waals surface area contributed by atoms with Crippen molar-refractivity contribution in [1.29, 1.82) is 0 Å². The molecule has 138 valence electrons. The van der Waals surface area contributed by atoms with Gasteiger partial charge >= 0.3 is 0 Å². The summed E-state index contributed by atoms with van der Waals surface area (Å²) in [4.78, 5) is 28.8. The van der Waals surface area contributed by atoms with Gasteiger partial charge in [-0.25, -0.2) is 9.37 Å². The number of carbonyl (C=O) groups excluding carboxylic acids is 2. The quantitative estimate of drug-likeness (QED) is 0.686. The third kappa shape index (κ3) is 4.98. The number of halogens is 1. The van der Waals surface area contributed by atoms with Crippen molar-refractivity contribution in [1.82, 2.24) is 4.98 Å². The molecule has 7 heteroatoms. The van der Waals surface area contributed by atoms with E-state index < -0.39 is 0 Å². The Hall–Kier alpha value is -3.06. The van der Waals surface area contributed by atoms with E-state index in [1.54, 1.807) is 36.4 Å². The van der Waals surface area contributed by atoms with Crippen molar-refractivity contribution < 1.29 is 14.0 Å². The molecule has 0 aliphatic rings. The molecule has 27 heavy (non-hydrogen) atoms. The van der Waals surface area contributed by atoms with Crippen molar-refractivity contribution in [3.63, 3.8) is 0 Å². The molecular weight excluding hydrogens is 365 g/mol. The predicted octanol–water partition coefficient (Wildman–Crippen LogP) is 4.40. The van der Waals surface area contributed by atoms with Gasteiger partial charge in [-0.1, -0.05) is 0 Å². The highest BCUT2D eigenvalue weighted by Gasteiger charge is 2.15. The fourth-order valence-electron chi connectivity index (χ4n) is 2.61. The van der Waals surface area contributed by atoms with Crippen molar-refractivity contribution in [3.05, 3.63) is 64.2 Å². The number of carbonyl (C=O) groups is 2. The monoisotopic (exact) mass is 383 g/mol. The van der Waals surface area contributed by atoms with E-state index in [2.05, 4.69) is 15.6 Å². The second-order valence-electron chi connectivity index (χ2n) is 6.00. The van der Waals surface area contributed by atoms with E-state index in [0.717, 1.165) is 15.4 Å². The molecule has 0 spiro atoms. The Morgan fingerprint density at radius 1 is 1.00 bits per heavy atom. The van der Waals surface area contributed by atoms with Crippen LogP contribution in [0.4, 0.5) is 15.8 Å². The SMILES string of the molecule is CC(=O)Nc1ccc(NC(=O)Cc2sc(C)nc2-c2ccc(F)cc2)cc1. The summed E-state index contributed by atoms with van der Waals surface area (Å²) in [5.74, 6) is -0.636. The van der Waals surface area contributed by atoms with E-state index in [9.17, 15) is 14.0 Å². The number of thiazole rings is 1. The average Bonchev–Trinajstić information content (AvgIpc) is 2.97. The number of amides is 2. The van der Waals surface area contributed by atoms with E-state index in [-0.39, 0.29) is 24.1 Å². The molecule has 0 fully saturated rings. The van der Waals surface area contributed by atoms with Crippen molar-refractivity contribution in [3.8, 4) is 11.3 Å². The van der Waals surface area contributed by atoms with Gasteiger partial charge in [-0.15, -0.1) is 11.3 Å². The number of hydrogen-bond donors (Lipinski definition) is 2. The number of aromatic nitrogens is 1. The lowest BCUT2D eigenvalue weighted by molar-refractivity contribution is -0.116. The van der Waals surface area contributed by atoms with Crippen LogP contribution in [0.2, 0.25) is 0 Å². The minimum Gasteiger partial charge on any atom is -0.326 e. The van der Waals surface area contributed by atoms with Crippen molar-refractivity contribution in [2.75, 3.05) is 10.6 Å². The zero-order valence-electron chi connectivity index (χ0n) is 14.9. The minimum absolute atomic E-state index is 0.152. The zero-order valence-corrected chi connectivity index (χ0v) is 15.7. The molecule has 2 N–H and O–H groups in total. The number of rotatable bonds is 5. The number of hydrogen-bond acceptors (Lipinski definition) is 4. The first-order valence-corrected chi connectivity index (χ1v) is 9.12. The summed E-state index contributed by atoms with van der Waals surface area (Å²) in [7, 11) is 0. The zero-order chi connectivity index (χ0) is 19.4. The van der Waals surface area contributed by atoms with Gasteiger partial charge in [0.1, 0.15) is 5.82 Å². The molecule has 3 rings (SSSR count). The molecule has 0 saturated carbocycles. The van der Waals surface area contributed by atoms with E-state index in [1.807, 2.05) is 6.92 Å². The molecule has 0 unspecified atom stereocenters. The molecule has 0 bridgehead atoms. The highest BCUT2D eigenvalue weighted by molar-refractivity contribution is 7.12. The van der Waals surface area contributed by atoms with Gasteiger partial charge in [0.25, 0.3) is 0 Å². The Bertz CT molecular complexity index is 966. The van der Waals surface area contributed by atoms with Gasteiger partial charge in [0.2, 0.25) is 11.8 Å². The van der Waals surface area contributed by atoms with Crippen LogP contribution in [-0.4, -0.2) is 16.8 Å². The Morgan fingerprint density at radius 3 is 2.19 bits per heavy atom. The van der Waals surface area contributed by atoms with Crippen LogP contribution >= 0.6 is 11.3 Å². The van der Waals surface area contributed by atoms with Crippen LogP contribution in [0, 0.1) is 12.7 Å². The predicted molar refractivity (Wildman–Crippen MR) is 105 cm³/mol. The summed E-state index contributed by atoms with van der Waals surface area (Å²) in [6.07, 6.45) is 0.172. The molecular formula is C20H18FN3O2S. The van der Waals surface area contributed by atoms with Gasteiger partial charge in [0.15, 0.2) is 0 Å². The second kappa shape index (κ2) is 8.09. The molecule has 5 nitrogen and oxygen atoms in total. The van der Waals surface area contributed by atoms with Crippen LogP contribution in [-0.2, 0) is 16.0 Å². The van der Waals surface area contributed by atoms with E-state index in [0.29, 0.717) is 17.1 Å². The first kappa shape index (κ1) is 18.7. The highest BCUT2D eigenvalue weighted by atomic mass is 32.1. The van der Waals surface area contributed by atoms with E-state index in [4.69, 9.17) is 0 Å². The molecule has 0 aliphatic heterocycles. The molecule has 0 aliphatic carbocycles. The molecule has 0 atom stereocenters. The van der Waals surface area contributed by atoms with Gasteiger partial charge < -0.3 is 10.6 Å². The number of nitrogens with zero attached hydrogens (tertiary/aromatic N) is 1.